The number of carboxylic acids is 1. The Balaban J connectivity index is 2.19. The Labute approximate surface area is 182 Å². The predicted octanol–water partition coefficient (Wildman–Crippen LogP) is 4.20. The van der Waals surface area contributed by atoms with Gasteiger partial charge in [0, 0.05) is 38.4 Å². The van der Waals surface area contributed by atoms with Crippen LogP contribution in [0.25, 0.3) is 17.0 Å². The molecule has 0 aromatic carbocycles. The molecule has 0 amide bonds. The van der Waals surface area contributed by atoms with Gasteiger partial charge in [0.1, 0.15) is 17.0 Å². The summed E-state index contributed by atoms with van der Waals surface area (Å²) < 4.78 is 13.0. The third-order valence-electron chi connectivity index (χ3n) is 5.52. The van der Waals surface area contributed by atoms with Crippen LogP contribution in [0, 0.1) is 5.41 Å². The Morgan fingerprint density at radius 3 is 2.61 bits per heavy atom. The lowest BCUT2D eigenvalue weighted by atomic mass is 9.79. The fraction of sp³-hybridized carbons (Fsp3) is 0.458. The summed E-state index contributed by atoms with van der Waals surface area (Å²) in [5, 5.41) is 9.46. The number of carbonyl (C=O) groups is 1. The number of aromatic carboxylic acids is 1. The standard InChI is InChI=1S/C24H30N2O5/c1-14(2)21-19(31-9-7-8-30-6)10-15-11-20(24(3,4)5)26-13-16(23(28)29)18(27)12-17(26)22(15)25-21/h10,12-13,20H,1,7-9,11H2,2-6H3,(H,28,29). The quantitative estimate of drug-likeness (QED) is 0.668. The van der Waals surface area contributed by atoms with Crippen molar-refractivity contribution in [2.75, 3.05) is 20.3 Å². The lowest BCUT2D eigenvalue weighted by molar-refractivity contribution is 0.0693. The Morgan fingerprint density at radius 1 is 1.32 bits per heavy atom. The maximum Gasteiger partial charge on any atom is 0.341 e. The second-order valence-corrected chi connectivity index (χ2v) is 9.05. The molecular formula is C24H30N2O5. The molecule has 1 aliphatic heterocycles. The molecule has 0 aliphatic carbocycles. The van der Waals surface area contributed by atoms with E-state index in [-0.39, 0.29) is 17.0 Å². The zero-order valence-electron chi connectivity index (χ0n) is 18.8. The molecule has 0 saturated heterocycles. The van der Waals surface area contributed by atoms with E-state index in [1.54, 1.807) is 7.11 Å². The van der Waals surface area contributed by atoms with Gasteiger partial charge in [-0.3, -0.25) is 4.79 Å². The molecule has 1 aliphatic rings. The van der Waals surface area contributed by atoms with Crippen LogP contribution in [0.3, 0.4) is 0 Å². The van der Waals surface area contributed by atoms with E-state index in [2.05, 4.69) is 27.4 Å². The van der Waals surface area contributed by atoms with Crippen molar-refractivity contribution in [2.24, 2.45) is 5.41 Å². The largest absolute Gasteiger partial charge is 0.491 e. The van der Waals surface area contributed by atoms with Gasteiger partial charge in [0.2, 0.25) is 0 Å². The first-order valence-electron chi connectivity index (χ1n) is 10.4. The number of methoxy groups -OCH3 is 1. The van der Waals surface area contributed by atoms with Crippen LogP contribution in [0.1, 0.15) is 61.8 Å². The third-order valence-corrected chi connectivity index (χ3v) is 5.52. The van der Waals surface area contributed by atoms with E-state index in [4.69, 9.17) is 14.5 Å². The topological polar surface area (TPSA) is 90.7 Å². The van der Waals surface area contributed by atoms with Crippen LogP contribution in [0.5, 0.6) is 5.75 Å². The minimum Gasteiger partial charge on any atom is -0.491 e. The molecule has 166 valence electrons. The highest BCUT2D eigenvalue weighted by Crippen LogP contribution is 2.43. The number of hydrogen-bond acceptors (Lipinski definition) is 5. The van der Waals surface area contributed by atoms with Crippen LogP contribution >= 0.6 is 0 Å². The van der Waals surface area contributed by atoms with Crippen LogP contribution in [-0.2, 0) is 11.2 Å². The Kier molecular flexibility index (Phi) is 6.36. The number of nitrogens with zero attached hydrogens (tertiary/aromatic N) is 2. The molecule has 0 saturated carbocycles. The predicted molar refractivity (Wildman–Crippen MR) is 120 cm³/mol. The summed E-state index contributed by atoms with van der Waals surface area (Å²) in [6.45, 7) is 13.3. The van der Waals surface area contributed by atoms with Gasteiger partial charge in [-0.15, -0.1) is 0 Å². The minimum atomic E-state index is -1.23. The monoisotopic (exact) mass is 426 g/mol. The summed E-state index contributed by atoms with van der Waals surface area (Å²) in [4.78, 5) is 28.9. The first-order chi connectivity index (χ1) is 14.5. The molecule has 7 nitrogen and oxygen atoms in total. The number of hydrogen-bond donors (Lipinski definition) is 1. The summed E-state index contributed by atoms with van der Waals surface area (Å²) in [7, 11) is 1.65. The van der Waals surface area contributed by atoms with E-state index < -0.39 is 11.4 Å². The Hall–Kier alpha value is -2.93. The molecule has 1 N–H and O–H groups in total. The summed E-state index contributed by atoms with van der Waals surface area (Å²) in [5.74, 6) is -0.567. The van der Waals surface area contributed by atoms with Crippen LogP contribution in [0.15, 0.2) is 29.7 Å². The zero-order chi connectivity index (χ0) is 22.9. The second kappa shape index (κ2) is 8.67. The molecule has 2 aromatic rings. The fourth-order valence-electron chi connectivity index (χ4n) is 3.90. The van der Waals surface area contributed by atoms with E-state index in [9.17, 15) is 14.7 Å². The molecule has 3 rings (SSSR count). The summed E-state index contributed by atoms with van der Waals surface area (Å²) in [6, 6.07) is 3.32. The first-order valence-corrected chi connectivity index (χ1v) is 10.4. The summed E-state index contributed by atoms with van der Waals surface area (Å²) >= 11 is 0. The van der Waals surface area contributed by atoms with Crippen molar-refractivity contribution in [2.45, 2.75) is 46.6 Å². The lowest BCUT2D eigenvalue weighted by Crippen LogP contribution is -2.33. The molecule has 1 atom stereocenters. The van der Waals surface area contributed by atoms with E-state index in [0.717, 1.165) is 17.6 Å². The van der Waals surface area contributed by atoms with Gasteiger partial charge in [-0.05, 0) is 36.0 Å². The molecule has 2 aromatic heterocycles. The number of fused-ring (bicyclic) bond motifs is 3. The number of pyridine rings is 2. The van der Waals surface area contributed by atoms with E-state index in [0.29, 0.717) is 42.5 Å². The molecule has 3 heterocycles. The van der Waals surface area contributed by atoms with Crippen LogP contribution < -0.4 is 10.2 Å². The second-order valence-electron chi connectivity index (χ2n) is 9.05. The van der Waals surface area contributed by atoms with Gasteiger partial charge in [0.05, 0.1) is 18.0 Å². The zero-order valence-corrected chi connectivity index (χ0v) is 18.8. The molecule has 0 bridgehead atoms. The minimum absolute atomic E-state index is 0.0486. The van der Waals surface area contributed by atoms with Gasteiger partial charge in [0.25, 0.3) is 0 Å². The molecule has 0 radical (unpaired) electrons. The number of rotatable bonds is 7. The molecule has 7 heteroatoms. The molecular weight excluding hydrogens is 396 g/mol. The van der Waals surface area contributed by atoms with Crippen LogP contribution in [-0.4, -0.2) is 41.0 Å². The van der Waals surface area contributed by atoms with E-state index in [1.807, 2.05) is 17.6 Å². The Morgan fingerprint density at radius 2 is 2.03 bits per heavy atom. The average molecular weight is 427 g/mol. The highest BCUT2D eigenvalue weighted by Gasteiger charge is 2.35. The fourth-order valence-corrected chi connectivity index (χ4v) is 3.90. The summed E-state index contributed by atoms with van der Waals surface area (Å²) in [6.07, 6.45) is 2.85. The first kappa shape index (κ1) is 22.7. The van der Waals surface area contributed by atoms with E-state index >= 15 is 0 Å². The maximum atomic E-state index is 12.5. The van der Waals surface area contributed by atoms with Gasteiger partial charge < -0.3 is 19.1 Å². The van der Waals surface area contributed by atoms with Crippen molar-refractivity contribution in [1.82, 2.24) is 9.55 Å². The van der Waals surface area contributed by atoms with Crippen molar-refractivity contribution in [3.05, 3.63) is 52.0 Å². The molecule has 0 spiro atoms. The van der Waals surface area contributed by atoms with Crippen molar-refractivity contribution in [3.8, 4) is 17.1 Å². The SMILES string of the molecule is C=C(C)c1nc2c(cc1OCCCOC)CC(C(C)(C)C)n1cc(C(=O)O)c(=O)cc1-2. The highest BCUT2D eigenvalue weighted by molar-refractivity contribution is 5.87. The van der Waals surface area contributed by atoms with Crippen LogP contribution in [0.2, 0.25) is 0 Å². The van der Waals surface area contributed by atoms with Crippen molar-refractivity contribution in [3.63, 3.8) is 0 Å². The average Bonchev–Trinajstić information content (AvgIpc) is 2.68. The van der Waals surface area contributed by atoms with Gasteiger partial charge in [0.15, 0.2) is 5.43 Å². The highest BCUT2D eigenvalue weighted by atomic mass is 16.5. The van der Waals surface area contributed by atoms with Gasteiger partial charge in [-0.25, -0.2) is 9.78 Å². The number of carboxylic acid groups (broad SMARTS) is 1. The van der Waals surface area contributed by atoms with Gasteiger partial charge in [-0.2, -0.15) is 0 Å². The van der Waals surface area contributed by atoms with Gasteiger partial charge in [-0.1, -0.05) is 27.4 Å². The van der Waals surface area contributed by atoms with Crippen molar-refractivity contribution in [1.29, 1.82) is 0 Å². The van der Waals surface area contributed by atoms with Crippen molar-refractivity contribution < 1.29 is 19.4 Å². The molecule has 0 fully saturated rings. The normalized spacial score (nSPS) is 15.2. The van der Waals surface area contributed by atoms with Crippen molar-refractivity contribution >= 4 is 11.5 Å². The molecule has 1 unspecified atom stereocenters. The number of allylic oxidation sites excluding steroid dienone is 1. The maximum absolute atomic E-state index is 12.5. The van der Waals surface area contributed by atoms with E-state index in [1.165, 1.54) is 12.3 Å². The number of aromatic nitrogens is 2. The number of ether oxygens (including phenoxy) is 2. The molecule has 31 heavy (non-hydrogen) atoms. The van der Waals surface area contributed by atoms with Crippen LogP contribution in [0.4, 0.5) is 0 Å². The lowest BCUT2D eigenvalue weighted by Gasteiger charge is -2.38. The Bertz CT molecular complexity index is 1080. The van der Waals surface area contributed by atoms with Gasteiger partial charge >= 0.3 is 5.97 Å². The summed E-state index contributed by atoms with van der Waals surface area (Å²) in [5.41, 5.74) is 2.68. The smallest absolute Gasteiger partial charge is 0.341 e. The third kappa shape index (κ3) is 4.56.